The molecule has 112 valence electrons. The van der Waals surface area contributed by atoms with Crippen molar-refractivity contribution >= 4 is 23.6 Å². The minimum Gasteiger partial charge on any atom is -0.370 e. The Kier molecular flexibility index (Phi) is 3.66. The molecule has 0 radical (unpaired) electrons. The maximum Gasteiger partial charge on any atom is 0.203 e. The zero-order valence-corrected chi connectivity index (χ0v) is 13.5. The van der Waals surface area contributed by atoms with Crippen LogP contribution < -0.4 is 4.90 Å². The molecular formula is C14H19N4OS2+. The minimum absolute atomic E-state index is 0.558. The van der Waals surface area contributed by atoms with Gasteiger partial charge in [-0.05, 0) is 36.5 Å². The van der Waals surface area contributed by atoms with Crippen LogP contribution in [-0.4, -0.2) is 40.7 Å². The highest BCUT2D eigenvalue weighted by Gasteiger charge is 2.30. The summed E-state index contributed by atoms with van der Waals surface area (Å²) < 4.78 is 10.6. The lowest BCUT2D eigenvalue weighted by atomic mass is 10.4. The summed E-state index contributed by atoms with van der Waals surface area (Å²) in [6.45, 7) is 4.59. The van der Waals surface area contributed by atoms with Gasteiger partial charge in [0.1, 0.15) is 13.1 Å². The smallest absolute Gasteiger partial charge is 0.203 e. The van der Waals surface area contributed by atoms with Gasteiger partial charge in [-0.2, -0.15) is 4.68 Å². The lowest BCUT2D eigenvalue weighted by Gasteiger charge is -2.23. The van der Waals surface area contributed by atoms with E-state index >= 15 is 0 Å². The third-order valence-corrected chi connectivity index (χ3v) is 5.37. The van der Waals surface area contributed by atoms with Crippen LogP contribution in [0.1, 0.15) is 18.9 Å². The van der Waals surface area contributed by atoms with Gasteiger partial charge in [-0.25, -0.2) is 0 Å². The highest BCUT2D eigenvalue weighted by molar-refractivity contribution is 7.71. The van der Waals surface area contributed by atoms with Crippen LogP contribution in [0, 0.1) is 4.77 Å². The molecule has 1 N–H and O–H groups in total. The Hall–Kier alpha value is -1.02. The van der Waals surface area contributed by atoms with Crippen LogP contribution in [0.4, 0.5) is 0 Å². The molecule has 2 aliphatic rings. The molecular weight excluding hydrogens is 304 g/mol. The number of nitrogens with one attached hydrogen (secondary N) is 1. The van der Waals surface area contributed by atoms with Crippen molar-refractivity contribution in [1.82, 2.24) is 14.3 Å². The first-order chi connectivity index (χ1) is 10.3. The third-order valence-electron chi connectivity index (χ3n) is 4.10. The quantitative estimate of drug-likeness (QED) is 0.863. The second-order valence-electron chi connectivity index (χ2n) is 5.70. The van der Waals surface area contributed by atoms with Crippen LogP contribution in [0.25, 0.3) is 10.7 Å². The topological polar surface area (TPSA) is 36.4 Å². The van der Waals surface area contributed by atoms with Crippen molar-refractivity contribution < 1.29 is 9.64 Å². The zero-order chi connectivity index (χ0) is 14.2. The third kappa shape index (κ3) is 2.70. The number of rotatable bonds is 4. The Labute approximate surface area is 132 Å². The van der Waals surface area contributed by atoms with E-state index in [9.17, 15) is 0 Å². The SMILES string of the molecule is S=c1n(C[NH+]2CCOCC2)nc(-c2cccs2)n1C1CC1. The number of nitrogens with zero attached hydrogens (tertiary/aromatic N) is 3. The van der Waals surface area contributed by atoms with Gasteiger partial charge in [0.15, 0.2) is 12.5 Å². The summed E-state index contributed by atoms with van der Waals surface area (Å²) in [5.41, 5.74) is 0. The summed E-state index contributed by atoms with van der Waals surface area (Å²) in [4.78, 5) is 2.71. The lowest BCUT2D eigenvalue weighted by molar-refractivity contribution is -0.930. The number of ether oxygens (including phenoxy) is 1. The highest BCUT2D eigenvalue weighted by Crippen LogP contribution is 2.39. The Bertz CT molecular complexity index is 666. The Morgan fingerprint density at radius 1 is 1.38 bits per heavy atom. The molecule has 4 rings (SSSR count). The van der Waals surface area contributed by atoms with E-state index in [-0.39, 0.29) is 0 Å². The van der Waals surface area contributed by atoms with Crippen molar-refractivity contribution in [2.75, 3.05) is 26.3 Å². The standard InChI is InChI=1S/C14H18N4OS2/c20-14-17(10-16-5-7-19-8-6-16)15-13(12-2-1-9-21-12)18(14)11-3-4-11/h1-2,9,11H,3-8,10H2/p+1. The van der Waals surface area contributed by atoms with Crippen molar-refractivity contribution in [3.05, 3.63) is 22.3 Å². The fourth-order valence-electron chi connectivity index (χ4n) is 2.79. The molecule has 1 saturated carbocycles. The van der Waals surface area contributed by atoms with Gasteiger partial charge in [-0.15, -0.1) is 16.4 Å². The number of aromatic nitrogens is 3. The Morgan fingerprint density at radius 2 is 2.19 bits per heavy atom. The molecule has 0 unspecified atom stereocenters. The highest BCUT2D eigenvalue weighted by atomic mass is 32.1. The molecule has 0 aromatic carbocycles. The fraction of sp³-hybridized carbons (Fsp3) is 0.571. The first kappa shape index (κ1) is 13.6. The van der Waals surface area contributed by atoms with Crippen LogP contribution in [0.3, 0.4) is 0 Å². The Morgan fingerprint density at radius 3 is 2.86 bits per heavy atom. The average Bonchev–Trinajstić information content (AvgIpc) is 3.09. The summed E-state index contributed by atoms with van der Waals surface area (Å²) in [6.07, 6.45) is 2.45. The maximum atomic E-state index is 5.69. The van der Waals surface area contributed by atoms with Gasteiger partial charge >= 0.3 is 0 Å². The van der Waals surface area contributed by atoms with Crippen molar-refractivity contribution in [3.63, 3.8) is 0 Å². The fourth-order valence-corrected chi connectivity index (χ4v) is 3.84. The second-order valence-corrected chi connectivity index (χ2v) is 7.02. The molecule has 7 heteroatoms. The van der Waals surface area contributed by atoms with E-state index in [1.165, 1.54) is 22.6 Å². The predicted octanol–water partition coefficient (Wildman–Crippen LogP) is 1.35. The van der Waals surface area contributed by atoms with Gasteiger partial charge < -0.3 is 9.64 Å². The van der Waals surface area contributed by atoms with Gasteiger partial charge in [0.2, 0.25) is 4.77 Å². The molecule has 2 aromatic rings. The largest absolute Gasteiger partial charge is 0.370 e. The number of hydrogen-bond donors (Lipinski definition) is 1. The average molecular weight is 323 g/mol. The van der Waals surface area contributed by atoms with E-state index in [4.69, 9.17) is 22.1 Å². The molecule has 2 aromatic heterocycles. The molecule has 0 atom stereocenters. The molecule has 0 bridgehead atoms. The predicted molar refractivity (Wildman–Crippen MR) is 84.2 cm³/mol. The van der Waals surface area contributed by atoms with Crippen LogP contribution in [0.5, 0.6) is 0 Å². The summed E-state index contributed by atoms with van der Waals surface area (Å²) in [5, 5.41) is 6.93. The molecule has 1 aliphatic heterocycles. The molecule has 3 heterocycles. The Balaban J connectivity index is 1.68. The van der Waals surface area contributed by atoms with Crippen molar-refractivity contribution in [2.24, 2.45) is 0 Å². The van der Waals surface area contributed by atoms with Crippen LogP contribution in [0.15, 0.2) is 17.5 Å². The van der Waals surface area contributed by atoms with Gasteiger partial charge in [0.05, 0.1) is 18.1 Å². The molecule has 1 saturated heterocycles. The second kappa shape index (κ2) is 5.64. The molecule has 1 aliphatic carbocycles. The summed E-state index contributed by atoms with van der Waals surface area (Å²) in [6, 6.07) is 4.77. The molecule has 21 heavy (non-hydrogen) atoms. The van der Waals surface area contributed by atoms with Crippen LogP contribution in [-0.2, 0) is 11.4 Å². The molecule has 0 spiro atoms. The van der Waals surface area contributed by atoms with E-state index in [1.54, 1.807) is 11.3 Å². The van der Waals surface area contributed by atoms with Crippen LogP contribution in [0.2, 0.25) is 0 Å². The van der Waals surface area contributed by atoms with E-state index in [0.717, 1.165) is 43.6 Å². The summed E-state index contributed by atoms with van der Waals surface area (Å²) >= 11 is 7.43. The number of thiophene rings is 1. The monoisotopic (exact) mass is 323 g/mol. The normalized spacial score (nSPS) is 20.0. The van der Waals surface area contributed by atoms with Crippen molar-refractivity contribution in [3.8, 4) is 10.7 Å². The van der Waals surface area contributed by atoms with Gasteiger partial charge in [0, 0.05) is 6.04 Å². The number of hydrogen-bond acceptors (Lipinski definition) is 4. The number of morpholine rings is 1. The van der Waals surface area contributed by atoms with Crippen LogP contribution >= 0.6 is 23.6 Å². The molecule has 2 fully saturated rings. The number of quaternary nitrogens is 1. The van der Waals surface area contributed by atoms with Gasteiger partial charge in [-0.3, -0.25) is 4.57 Å². The van der Waals surface area contributed by atoms with E-state index in [2.05, 4.69) is 22.1 Å². The first-order valence-electron chi connectivity index (χ1n) is 7.47. The van der Waals surface area contributed by atoms with Crippen molar-refractivity contribution in [1.29, 1.82) is 0 Å². The van der Waals surface area contributed by atoms with Crippen molar-refractivity contribution in [2.45, 2.75) is 25.6 Å². The molecule has 5 nitrogen and oxygen atoms in total. The van der Waals surface area contributed by atoms with E-state index in [0.29, 0.717) is 6.04 Å². The zero-order valence-electron chi connectivity index (χ0n) is 11.8. The summed E-state index contributed by atoms with van der Waals surface area (Å²) in [7, 11) is 0. The first-order valence-corrected chi connectivity index (χ1v) is 8.76. The van der Waals surface area contributed by atoms with E-state index < -0.39 is 0 Å². The van der Waals surface area contributed by atoms with Gasteiger partial charge in [0.25, 0.3) is 0 Å². The maximum absolute atomic E-state index is 5.69. The summed E-state index contributed by atoms with van der Waals surface area (Å²) in [5.74, 6) is 1.05. The molecule has 0 amide bonds. The minimum atomic E-state index is 0.558. The van der Waals surface area contributed by atoms with E-state index in [1.807, 2.05) is 4.68 Å². The van der Waals surface area contributed by atoms with Gasteiger partial charge in [-0.1, -0.05) is 6.07 Å². The lowest BCUT2D eigenvalue weighted by Crippen LogP contribution is -3.13.